The minimum Gasteiger partial charge on any atom is 1.00 e. The second kappa shape index (κ2) is 19.4. The molecule has 0 aromatic heterocycles. The predicted octanol–water partition coefficient (Wildman–Crippen LogP) is 5.85. The molecule has 2 fully saturated rings. The molecule has 0 heterocycles. The van der Waals surface area contributed by atoms with Gasteiger partial charge in [0.2, 0.25) is 0 Å². The molecular weight excluding hydrogens is 778 g/mol. The number of nitrogens with two attached hydrogens (primary N) is 1. The first-order valence-electron chi connectivity index (χ1n) is 16.5. The number of hydrogen-bond acceptors (Lipinski definition) is 6. The van der Waals surface area contributed by atoms with Gasteiger partial charge in [-0.25, -0.2) is 8.42 Å². The Hall–Kier alpha value is -1.43. The van der Waals surface area contributed by atoms with Crippen molar-refractivity contribution >= 4 is 42.6 Å². The van der Waals surface area contributed by atoms with Gasteiger partial charge in [0.15, 0.2) is 0 Å². The van der Waals surface area contributed by atoms with E-state index in [0.29, 0.717) is 22.6 Å². The first-order chi connectivity index (χ1) is 23.3. The largest absolute Gasteiger partial charge is 1.00 e. The van der Waals surface area contributed by atoms with Gasteiger partial charge in [0.1, 0.15) is 21.6 Å². The number of hydrogen-bond donors (Lipinski definition) is 1. The molecular formula is C38H44ClNNaO5PPdS. The van der Waals surface area contributed by atoms with Crippen LogP contribution in [0.15, 0.2) is 89.8 Å². The van der Waals surface area contributed by atoms with Crippen LogP contribution in [-0.2, 0) is 27.1 Å². The molecule has 6 nitrogen and oxygen atoms in total. The maximum atomic E-state index is 12.0. The Morgan fingerprint density at radius 2 is 1.27 bits per heavy atom. The molecule has 0 bridgehead atoms. The topological polar surface area (TPSA) is 102 Å². The number of methoxy groups -OCH3 is 2. The standard InChI is InChI=1S/C26H35O5PS.C12H10N.ClH.Na.Pd/c1-30-22-17-18-24(33(27,28)29)26(31-2)25(22)21-15-9-10-16-23(21)32(19-11-5-3-6-12-19)20-13-7-4-8-14-20;13-12-9-5-4-8-11(12)10-6-2-1-3-7-10;;;/h9-10,15-20H,3-8,11-14H2,1-2H3,(H,27,28,29);1-6,8-9H,13H2;1H;;/q;;;2*+1/p-2. The van der Waals surface area contributed by atoms with Crippen LogP contribution < -0.4 is 54.1 Å². The number of halogens is 1. The van der Waals surface area contributed by atoms with Gasteiger partial charge in [0.25, 0.3) is 0 Å². The van der Waals surface area contributed by atoms with E-state index >= 15 is 0 Å². The van der Waals surface area contributed by atoms with E-state index in [2.05, 4.69) is 18.2 Å². The Kier molecular flexibility index (Phi) is 16.0. The number of anilines is 1. The molecule has 0 unspecified atom stereocenters. The summed E-state index contributed by atoms with van der Waals surface area (Å²) in [6.45, 7) is 0. The number of ether oxygens (including phenoxy) is 2. The van der Waals surface area contributed by atoms with Crippen molar-refractivity contribution in [3.8, 4) is 33.8 Å². The van der Waals surface area contributed by atoms with Gasteiger partial charge in [-0.15, -0.1) is 0 Å². The minimum atomic E-state index is -4.70. The van der Waals surface area contributed by atoms with E-state index in [9.17, 15) is 13.0 Å². The number of nitrogen functional groups attached to an aromatic ring is 1. The van der Waals surface area contributed by atoms with E-state index in [1.54, 1.807) is 13.2 Å². The fourth-order valence-corrected chi connectivity index (χ4v) is 13.1. The van der Waals surface area contributed by atoms with Crippen molar-refractivity contribution < 1.29 is 69.0 Å². The number of benzene rings is 4. The summed E-state index contributed by atoms with van der Waals surface area (Å²) in [6, 6.07) is 27.2. The zero-order chi connectivity index (χ0) is 34.1. The molecule has 0 spiro atoms. The van der Waals surface area contributed by atoms with Crippen LogP contribution in [0.5, 0.6) is 11.5 Å². The molecule has 4 aromatic carbocycles. The van der Waals surface area contributed by atoms with Crippen molar-refractivity contribution in [2.45, 2.75) is 80.4 Å². The van der Waals surface area contributed by atoms with Gasteiger partial charge in [0.05, 0.1) is 24.7 Å². The normalized spacial score (nSPS) is 15.6. The third-order valence-corrected chi connectivity index (χ3v) is 15.5. The smallest absolute Gasteiger partial charge is 1.00 e. The monoisotopic (exact) mass is 821 g/mol. The fraction of sp³-hybridized carbons (Fsp3) is 0.368. The summed E-state index contributed by atoms with van der Waals surface area (Å²) in [4.78, 5) is -0.338. The second-order valence-corrected chi connectivity index (χ2v) is 18.2. The zero-order valence-corrected chi connectivity index (χ0v) is 34.5. The molecule has 0 aliphatic heterocycles. The van der Waals surface area contributed by atoms with E-state index in [1.807, 2.05) is 54.6 Å². The summed E-state index contributed by atoms with van der Waals surface area (Å²) in [5, 5.41) is 1.29. The summed E-state index contributed by atoms with van der Waals surface area (Å²) in [6.07, 6.45) is 12.8. The van der Waals surface area contributed by atoms with Crippen LogP contribution in [0, 0.1) is 0 Å². The molecule has 2 N–H and O–H groups in total. The van der Waals surface area contributed by atoms with Gasteiger partial charge >= 0.3 is 131 Å². The average Bonchev–Trinajstić information content (AvgIpc) is 3.12. The maximum Gasteiger partial charge on any atom is 1.00 e. The van der Waals surface area contributed by atoms with E-state index in [-0.39, 0.29) is 57.2 Å². The van der Waals surface area contributed by atoms with Gasteiger partial charge in [0, 0.05) is 0 Å². The van der Waals surface area contributed by atoms with Crippen LogP contribution >= 0.6 is 17.5 Å². The summed E-state index contributed by atoms with van der Waals surface area (Å²) in [5.74, 6) is 0.605. The molecule has 2 saturated carbocycles. The molecule has 0 saturated heterocycles. The number of para-hydroxylation sites is 1. The molecule has 49 heavy (non-hydrogen) atoms. The Morgan fingerprint density at radius 3 is 1.80 bits per heavy atom. The third kappa shape index (κ3) is 9.92. The molecule has 2 aliphatic rings. The van der Waals surface area contributed by atoms with Gasteiger partial charge in [-0.2, -0.15) is 0 Å². The van der Waals surface area contributed by atoms with E-state index in [0.717, 1.165) is 26.4 Å². The zero-order valence-electron chi connectivity index (χ0n) is 28.5. The summed E-state index contributed by atoms with van der Waals surface area (Å²) in [7, 11) is 3.78. The van der Waals surface area contributed by atoms with E-state index in [4.69, 9.17) is 24.7 Å². The average molecular weight is 823 g/mol. The van der Waals surface area contributed by atoms with Crippen molar-refractivity contribution in [3.05, 3.63) is 84.9 Å². The SMILES string of the molecule is COc1ccc(S(=O)(=O)[O-])c(OC)c1-c1ccccc1P(C1CCCCC1)C1CCCCC1.Nc1ccccc1-c1cccc[c]1[Pd][Cl].[Na+]. The molecule has 11 heteroatoms. The predicted molar refractivity (Wildman–Crippen MR) is 195 cm³/mol. The van der Waals surface area contributed by atoms with E-state index < -0.39 is 18.0 Å². The first-order valence-corrected chi connectivity index (χ1v) is 22.2. The molecule has 4 aromatic rings. The van der Waals surface area contributed by atoms with Crippen LogP contribution in [0.4, 0.5) is 5.69 Å². The fourth-order valence-electron chi connectivity index (χ4n) is 7.14. The summed E-state index contributed by atoms with van der Waals surface area (Å²) < 4.78 is 48.5. The Labute approximate surface area is 327 Å². The van der Waals surface area contributed by atoms with Gasteiger partial charge in [-0.3, -0.25) is 0 Å². The Morgan fingerprint density at radius 1 is 0.735 bits per heavy atom. The molecule has 2 aliphatic carbocycles. The number of rotatable bonds is 9. The minimum absolute atomic E-state index is 0. The summed E-state index contributed by atoms with van der Waals surface area (Å²) in [5.41, 5.74) is 11.8. The van der Waals surface area contributed by atoms with Crippen molar-refractivity contribution in [1.82, 2.24) is 0 Å². The maximum absolute atomic E-state index is 12.0. The van der Waals surface area contributed by atoms with Crippen LogP contribution in [0.1, 0.15) is 64.2 Å². The molecule has 0 atom stereocenters. The van der Waals surface area contributed by atoms with Crippen molar-refractivity contribution in [3.63, 3.8) is 0 Å². The molecule has 0 radical (unpaired) electrons. The van der Waals surface area contributed by atoms with Gasteiger partial charge < -0.3 is 14.0 Å². The third-order valence-electron chi connectivity index (χ3n) is 9.33. The first kappa shape index (κ1) is 40.3. The molecule has 0 amide bonds. The van der Waals surface area contributed by atoms with Crippen LogP contribution in [0.3, 0.4) is 0 Å². The van der Waals surface area contributed by atoms with Crippen LogP contribution in [0.2, 0.25) is 0 Å². The molecule has 260 valence electrons. The van der Waals surface area contributed by atoms with Gasteiger partial charge in [-0.1, -0.05) is 70.7 Å². The molecule has 6 rings (SSSR count). The second-order valence-electron chi connectivity index (χ2n) is 12.2. The van der Waals surface area contributed by atoms with Crippen LogP contribution in [-0.4, -0.2) is 38.5 Å². The van der Waals surface area contributed by atoms with E-state index in [1.165, 1.54) is 82.7 Å². The van der Waals surface area contributed by atoms with Gasteiger partial charge in [-0.05, 0) is 60.0 Å². The summed E-state index contributed by atoms with van der Waals surface area (Å²) >= 11 is 0.0778. The Balaban J connectivity index is 0.000000283. The van der Waals surface area contributed by atoms with Crippen molar-refractivity contribution in [2.75, 3.05) is 20.0 Å². The Bertz CT molecular complexity index is 1770. The van der Waals surface area contributed by atoms with Crippen molar-refractivity contribution in [2.24, 2.45) is 0 Å². The quantitative estimate of drug-likeness (QED) is 0.0986. The van der Waals surface area contributed by atoms with Crippen molar-refractivity contribution in [1.29, 1.82) is 0 Å². The van der Waals surface area contributed by atoms with Crippen LogP contribution in [0.25, 0.3) is 22.3 Å².